The molecule has 25 heavy (non-hydrogen) atoms. The average Bonchev–Trinajstić information content (AvgIpc) is 2.75. The molecule has 0 unspecified atom stereocenters. The van der Waals surface area contributed by atoms with E-state index >= 15 is 0 Å². The molecule has 0 spiro atoms. The van der Waals surface area contributed by atoms with Gasteiger partial charge in [-0.2, -0.15) is 0 Å². The first-order valence-corrected chi connectivity index (χ1v) is 11.3. The van der Waals surface area contributed by atoms with Gasteiger partial charge in [0, 0.05) is 6.04 Å². The number of rotatable bonds is 5. The van der Waals surface area contributed by atoms with Crippen LogP contribution < -0.4 is 10.6 Å². The summed E-state index contributed by atoms with van der Waals surface area (Å²) in [4.78, 5) is 12.6. The van der Waals surface area contributed by atoms with Gasteiger partial charge < -0.3 is 5.32 Å². The normalized spacial score (nSPS) is 31.2. The molecular weight excluding hydrogens is 453 g/mol. The van der Waals surface area contributed by atoms with E-state index in [1.807, 2.05) is 13.8 Å². The molecule has 4 atom stereocenters. The van der Waals surface area contributed by atoms with Crippen molar-refractivity contribution in [3.63, 3.8) is 0 Å². The van der Waals surface area contributed by atoms with Crippen molar-refractivity contribution in [3.05, 3.63) is 10.6 Å². The summed E-state index contributed by atoms with van der Waals surface area (Å²) >= 11 is 29.3. The van der Waals surface area contributed by atoms with Crippen LogP contribution in [-0.2, 0) is 14.6 Å². The highest BCUT2D eigenvalue weighted by Gasteiger charge is 2.61. The van der Waals surface area contributed by atoms with Crippen molar-refractivity contribution in [2.24, 2.45) is 17.3 Å². The Morgan fingerprint density at radius 3 is 2.32 bits per heavy atom. The number of carbonyl (C=O) groups is 1. The molecule has 1 saturated carbocycles. The van der Waals surface area contributed by atoms with E-state index in [0.717, 1.165) is 0 Å². The van der Waals surface area contributed by atoms with Crippen molar-refractivity contribution in [1.29, 1.82) is 0 Å². The van der Waals surface area contributed by atoms with Crippen LogP contribution in [0.4, 0.5) is 0 Å². The Kier molecular flexibility index (Phi) is 6.59. The largest absolute Gasteiger partial charge is 0.336 e. The van der Waals surface area contributed by atoms with Crippen molar-refractivity contribution in [2.45, 2.75) is 36.3 Å². The summed E-state index contributed by atoms with van der Waals surface area (Å²) in [5.41, 5.74) is -0.325. The standard InChI is InChI=1S/C14H19Cl5N2O3S/c1-13(2)8(5-9(15)16)10(13)11(22)21-12(14(17,18)19)20-7-3-4-25(23,24)6-7/h5,7-8,10,12,20H,3-4,6H2,1-2H3,(H,21,22)/t7-,8+,10-,12-/m1/s1. The van der Waals surface area contributed by atoms with Crippen molar-refractivity contribution < 1.29 is 13.2 Å². The summed E-state index contributed by atoms with van der Waals surface area (Å²) in [5.74, 6) is -0.792. The minimum Gasteiger partial charge on any atom is -0.336 e. The zero-order valence-electron chi connectivity index (χ0n) is 13.5. The van der Waals surface area contributed by atoms with E-state index in [1.165, 1.54) is 0 Å². The molecule has 0 bridgehead atoms. The van der Waals surface area contributed by atoms with Crippen molar-refractivity contribution in [1.82, 2.24) is 10.6 Å². The Hall–Kier alpha value is 0.570. The smallest absolute Gasteiger partial charge is 0.225 e. The third kappa shape index (κ3) is 5.53. The fourth-order valence-corrected chi connectivity index (χ4v) is 5.55. The highest BCUT2D eigenvalue weighted by Crippen LogP contribution is 2.59. The van der Waals surface area contributed by atoms with E-state index in [-0.39, 0.29) is 45.2 Å². The summed E-state index contributed by atoms with van der Waals surface area (Å²) in [6.07, 6.45) is 1.00. The van der Waals surface area contributed by atoms with E-state index in [4.69, 9.17) is 58.0 Å². The van der Waals surface area contributed by atoms with Crippen molar-refractivity contribution in [2.75, 3.05) is 11.5 Å². The van der Waals surface area contributed by atoms with Gasteiger partial charge in [0.2, 0.25) is 9.70 Å². The van der Waals surface area contributed by atoms with Crippen LogP contribution >= 0.6 is 58.0 Å². The van der Waals surface area contributed by atoms with Gasteiger partial charge >= 0.3 is 0 Å². The molecule has 2 aliphatic rings. The Labute approximate surface area is 172 Å². The lowest BCUT2D eigenvalue weighted by Gasteiger charge is -2.29. The lowest BCUT2D eigenvalue weighted by molar-refractivity contribution is -0.124. The monoisotopic (exact) mass is 470 g/mol. The molecule has 5 nitrogen and oxygen atoms in total. The second kappa shape index (κ2) is 7.53. The zero-order chi connectivity index (χ0) is 19.2. The predicted molar refractivity (Wildman–Crippen MR) is 103 cm³/mol. The van der Waals surface area contributed by atoms with Gasteiger partial charge in [-0.15, -0.1) is 0 Å². The molecule has 1 aliphatic carbocycles. The van der Waals surface area contributed by atoms with E-state index in [2.05, 4.69) is 10.6 Å². The summed E-state index contributed by atoms with van der Waals surface area (Å²) in [7, 11) is -3.10. The predicted octanol–water partition coefficient (Wildman–Crippen LogP) is 3.17. The molecule has 2 rings (SSSR count). The first kappa shape index (κ1) is 21.9. The minimum absolute atomic E-state index is 0.0533. The maximum atomic E-state index is 12.6. The first-order chi connectivity index (χ1) is 11.2. The molecule has 1 saturated heterocycles. The minimum atomic E-state index is -3.10. The number of halogens is 5. The molecule has 0 aromatic carbocycles. The highest BCUT2D eigenvalue weighted by atomic mass is 35.6. The number of alkyl halides is 3. The maximum absolute atomic E-state index is 12.6. The van der Waals surface area contributed by atoms with Crippen LogP contribution in [0.5, 0.6) is 0 Å². The van der Waals surface area contributed by atoms with Gasteiger partial charge in [0.15, 0.2) is 9.84 Å². The van der Waals surface area contributed by atoms with Crippen LogP contribution in [0.2, 0.25) is 0 Å². The number of nitrogens with one attached hydrogen (secondary N) is 2. The average molecular weight is 473 g/mol. The lowest BCUT2D eigenvalue weighted by atomic mass is 10.1. The molecule has 0 aromatic heterocycles. The summed E-state index contributed by atoms with van der Waals surface area (Å²) in [5, 5.41) is 5.61. The Balaban J connectivity index is 2.06. The van der Waals surface area contributed by atoms with Gasteiger partial charge in [-0.05, 0) is 23.8 Å². The topological polar surface area (TPSA) is 75.3 Å². The van der Waals surface area contributed by atoms with E-state index in [1.54, 1.807) is 6.08 Å². The number of allylic oxidation sites excluding steroid dienone is 1. The number of sulfone groups is 1. The van der Waals surface area contributed by atoms with Crippen LogP contribution in [-0.4, -0.2) is 41.8 Å². The second-order valence-corrected chi connectivity index (χ2v) is 12.6. The Morgan fingerprint density at radius 2 is 1.88 bits per heavy atom. The molecule has 11 heteroatoms. The first-order valence-electron chi connectivity index (χ1n) is 7.60. The van der Waals surface area contributed by atoms with Crippen molar-refractivity contribution in [3.8, 4) is 0 Å². The number of amides is 1. The van der Waals surface area contributed by atoms with Gasteiger partial charge in [-0.1, -0.05) is 71.9 Å². The van der Waals surface area contributed by atoms with Gasteiger partial charge in [0.05, 0.1) is 17.4 Å². The molecule has 2 N–H and O–H groups in total. The van der Waals surface area contributed by atoms with Gasteiger partial charge in [-0.3, -0.25) is 10.1 Å². The molecule has 144 valence electrons. The van der Waals surface area contributed by atoms with Crippen molar-refractivity contribution >= 4 is 73.7 Å². The number of hydrogen-bond donors (Lipinski definition) is 2. The van der Waals surface area contributed by atoms with Gasteiger partial charge in [0.25, 0.3) is 0 Å². The molecular formula is C14H19Cl5N2O3S. The van der Waals surface area contributed by atoms with Crippen LogP contribution in [0.3, 0.4) is 0 Å². The fourth-order valence-electron chi connectivity index (χ4n) is 3.24. The third-order valence-corrected chi connectivity index (χ3v) is 7.42. The quantitative estimate of drug-likeness (QED) is 0.476. The Morgan fingerprint density at radius 1 is 1.28 bits per heavy atom. The molecule has 1 amide bonds. The molecule has 0 radical (unpaired) electrons. The van der Waals surface area contributed by atoms with Gasteiger partial charge in [0.1, 0.15) is 10.7 Å². The highest BCUT2D eigenvalue weighted by molar-refractivity contribution is 7.91. The van der Waals surface area contributed by atoms with Crippen LogP contribution in [0.15, 0.2) is 10.6 Å². The number of hydrogen-bond acceptors (Lipinski definition) is 4. The summed E-state index contributed by atoms with van der Waals surface area (Å²) in [6, 6.07) is -0.383. The summed E-state index contributed by atoms with van der Waals surface area (Å²) < 4.78 is 21.4. The van der Waals surface area contributed by atoms with Crippen LogP contribution in [0, 0.1) is 17.3 Å². The molecule has 2 fully saturated rings. The third-order valence-electron chi connectivity index (χ3n) is 4.75. The van der Waals surface area contributed by atoms with E-state index in [9.17, 15) is 13.2 Å². The summed E-state index contributed by atoms with van der Waals surface area (Å²) in [6.45, 7) is 3.83. The molecule has 1 aliphatic heterocycles. The fraction of sp³-hybridized carbons (Fsp3) is 0.786. The Bertz CT molecular complexity index is 670. The number of carbonyl (C=O) groups excluding carboxylic acids is 1. The molecule has 0 aromatic rings. The lowest BCUT2D eigenvalue weighted by Crippen LogP contribution is -2.57. The van der Waals surface area contributed by atoms with Gasteiger partial charge in [-0.25, -0.2) is 8.42 Å². The second-order valence-electron chi connectivity index (χ2n) is 7.03. The van der Waals surface area contributed by atoms with Crippen LogP contribution in [0.25, 0.3) is 0 Å². The maximum Gasteiger partial charge on any atom is 0.225 e. The van der Waals surface area contributed by atoms with Crippen LogP contribution in [0.1, 0.15) is 20.3 Å². The van der Waals surface area contributed by atoms with E-state index in [0.29, 0.717) is 6.42 Å². The van der Waals surface area contributed by atoms with E-state index < -0.39 is 19.8 Å². The zero-order valence-corrected chi connectivity index (χ0v) is 18.1. The molecule has 1 heterocycles. The SMILES string of the molecule is CC1(C)[C@@H](C=C(Cl)Cl)[C@@H]1C(=O)N[C@@H](N[C@@H]1CCS(=O)(=O)C1)C(Cl)(Cl)Cl.